The van der Waals surface area contributed by atoms with E-state index in [0.717, 1.165) is 25.1 Å². The van der Waals surface area contributed by atoms with E-state index in [2.05, 4.69) is 5.32 Å². The van der Waals surface area contributed by atoms with Crippen LogP contribution in [-0.2, 0) is 6.18 Å². The maximum absolute atomic E-state index is 13.7. The summed E-state index contributed by atoms with van der Waals surface area (Å²) < 4.78 is 51.6. The third-order valence-corrected chi connectivity index (χ3v) is 3.85. The van der Waals surface area contributed by atoms with E-state index in [0.29, 0.717) is 11.5 Å². The maximum Gasteiger partial charge on any atom is 0.419 e. The van der Waals surface area contributed by atoms with E-state index in [9.17, 15) is 17.6 Å². The van der Waals surface area contributed by atoms with Crippen molar-refractivity contribution in [2.24, 2.45) is 11.8 Å². The summed E-state index contributed by atoms with van der Waals surface area (Å²) in [7, 11) is 0. The molecule has 0 saturated heterocycles. The Morgan fingerprint density at radius 1 is 1.14 bits per heavy atom. The third kappa shape index (κ3) is 4.70. The molecule has 1 aromatic carbocycles. The van der Waals surface area contributed by atoms with E-state index in [4.69, 9.17) is 0 Å². The standard InChI is InChI=1S/C16H23F4N/c1-5-8-21-15(11(4)10(2)3)12-6-7-13(14(17)9-12)16(18,19)20/h6-7,9-11,15,21H,5,8H2,1-4H3. The second-order valence-electron chi connectivity index (χ2n) is 5.77. The molecule has 120 valence electrons. The summed E-state index contributed by atoms with van der Waals surface area (Å²) in [5.74, 6) is -0.684. The van der Waals surface area contributed by atoms with Gasteiger partial charge in [-0.1, -0.05) is 33.8 Å². The molecule has 0 amide bonds. The molecule has 0 aliphatic rings. The molecular formula is C16H23F4N. The summed E-state index contributed by atoms with van der Waals surface area (Å²) in [6.45, 7) is 8.87. The predicted molar refractivity (Wildman–Crippen MR) is 76.4 cm³/mol. The zero-order valence-corrected chi connectivity index (χ0v) is 12.9. The van der Waals surface area contributed by atoms with Gasteiger partial charge in [-0.3, -0.25) is 0 Å². The van der Waals surface area contributed by atoms with Crippen molar-refractivity contribution < 1.29 is 17.6 Å². The maximum atomic E-state index is 13.7. The molecule has 0 spiro atoms. The molecule has 1 rings (SSSR count). The summed E-state index contributed by atoms with van der Waals surface area (Å²) in [4.78, 5) is 0. The molecule has 5 heteroatoms. The molecule has 0 bridgehead atoms. The molecule has 0 aromatic heterocycles. The minimum absolute atomic E-state index is 0.151. The highest BCUT2D eigenvalue weighted by Crippen LogP contribution is 2.34. The van der Waals surface area contributed by atoms with Crippen LogP contribution in [0.4, 0.5) is 17.6 Å². The van der Waals surface area contributed by atoms with E-state index in [1.807, 2.05) is 27.7 Å². The zero-order chi connectivity index (χ0) is 16.2. The first-order valence-corrected chi connectivity index (χ1v) is 7.28. The average Bonchev–Trinajstić information content (AvgIpc) is 2.37. The lowest BCUT2D eigenvalue weighted by molar-refractivity contribution is -0.140. The monoisotopic (exact) mass is 305 g/mol. The Morgan fingerprint density at radius 3 is 2.19 bits per heavy atom. The van der Waals surface area contributed by atoms with Gasteiger partial charge in [-0.2, -0.15) is 13.2 Å². The van der Waals surface area contributed by atoms with Crippen LogP contribution in [0, 0.1) is 17.7 Å². The fraction of sp³-hybridized carbons (Fsp3) is 0.625. The van der Waals surface area contributed by atoms with Gasteiger partial charge in [-0.05, 0) is 42.5 Å². The van der Waals surface area contributed by atoms with Gasteiger partial charge in [0.2, 0.25) is 0 Å². The summed E-state index contributed by atoms with van der Waals surface area (Å²) >= 11 is 0. The Balaban J connectivity index is 3.11. The smallest absolute Gasteiger partial charge is 0.310 e. The van der Waals surface area contributed by atoms with Crippen LogP contribution in [0.15, 0.2) is 18.2 Å². The fourth-order valence-corrected chi connectivity index (χ4v) is 2.25. The van der Waals surface area contributed by atoms with Crippen molar-refractivity contribution in [3.8, 4) is 0 Å². The lowest BCUT2D eigenvalue weighted by atomic mass is 9.85. The van der Waals surface area contributed by atoms with Crippen LogP contribution in [0.25, 0.3) is 0 Å². The van der Waals surface area contributed by atoms with Gasteiger partial charge in [-0.15, -0.1) is 0 Å². The molecular weight excluding hydrogens is 282 g/mol. The SMILES string of the molecule is CCCNC(c1ccc(C(F)(F)F)c(F)c1)C(C)C(C)C. The summed E-state index contributed by atoms with van der Waals surface area (Å²) in [5, 5.41) is 3.30. The molecule has 0 saturated carbocycles. The molecule has 0 radical (unpaired) electrons. The number of alkyl halides is 3. The topological polar surface area (TPSA) is 12.0 Å². The van der Waals surface area contributed by atoms with Crippen LogP contribution >= 0.6 is 0 Å². The van der Waals surface area contributed by atoms with Gasteiger partial charge in [0.1, 0.15) is 5.82 Å². The summed E-state index contributed by atoms with van der Waals surface area (Å²) in [5.41, 5.74) is -0.646. The number of halogens is 4. The number of rotatable bonds is 6. The molecule has 0 aliphatic heterocycles. The van der Waals surface area contributed by atoms with Gasteiger partial charge >= 0.3 is 6.18 Å². The second kappa shape index (κ2) is 7.25. The number of hydrogen-bond acceptors (Lipinski definition) is 1. The number of nitrogens with one attached hydrogen (secondary N) is 1. The zero-order valence-electron chi connectivity index (χ0n) is 12.9. The Kier molecular flexibility index (Phi) is 6.20. The van der Waals surface area contributed by atoms with Crippen molar-refractivity contribution in [3.63, 3.8) is 0 Å². The molecule has 0 heterocycles. The average molecular weight is 305 g/mol. The molecule has 0 aliphatic carbocycles. The Bertz CT molecular complexity index is 454. The number of hydrogen-bond donors (Lipinski definition) is 1. The van der Waals surface area contributed by atoms with E-state index in [-0.39, 0.29) is 12.0 Å². The Hall–Kier alpha value is -1.10. The minimum atomic E-state index is -4.65. The molecule has 1 N–H and O–H groups in total. The highest BCUT2D eigenvalue weighted by molar-refractivity contribution is 5.29. The Morgan fingerprint density at radius 2 is 1.76 bits per heavy atom. The van der Waals surface area contributed by atoms with Crippen molar-refractivity contribution in [2.45, 2.75) is 46.3 Å². The first-order chi connectivity index (χ1) is 9.68. The van der Waals surface area contributed by atoms with Gasteiger partial charge < -0.3 is 5.32 Å². The quantitative estimate of drug-likeness (QED) is 0.714. The Labute approximate surface area is 123 Å². The molecule has 2 unspecified atom stereocenters. The highest BCUT2D eigenvalue weighted by atomic mass is 19.4. The van der Waals surface area contributed by atoms with Crippen LogP contribution in [-0.4, -0.2) is 6.54 Å². The molecule has 2 atom stereocenters. The number of benzene rings is 1. The van der Waals surface area contributed by atoms with Crippen molar-refractivity contribution in [1.82, 2.24) is 5.32 Å². The molecule has 0 fully saturated rings. The molecule has 1 aromatic rings. The fourth-order valence-electron chi connectivity index (χ4n) is 2.25. The second-order valence-corrected chi connectivity index (χ2v) is 5.77. The van der Waals surface area contributed by atoms with Crippen molar-refractivity contribution in [2.75, 3.05) is 6.54 Å². The predicted octanol–water partition coefficient (Wildman–Crippen LogP) is 5.18. The first-order valence-electron chi connectivity index (χ1n) is 7.28. The summed E-state index contributed by atoms with van der Waals surface area (Å²) in [6.07, 6.45) is -3.75. The van der Waals surface area contributed by atoms with Gasteiger partial charge in [0.05, 0.1) is 5.56 Å². The highest BCUT2D eigenvalue weighted by Gasteiger charge is 2.34. The van der Waals surface area contributed by atoms with E-state index < -0.39 is 17.6 Å². The van der Waals surface area contributed by atoms with Gasteiger partial charge in [0, 0.05) is 6.04 Å². The van der Waals surface area contributed by atoms with Crippen LogP contribution in [0.1, 0.15) is 51.3 Å². The van der Waals surface area contributed by atoms with Crippen molar-refractivity contribution in [3.05, 3.63) is 35.1 Å². The normalized spacial score (nSPS) is 15.3. The first kappa shape index (κ1) is 18.0. The van der Waals surface area contributed by atoms with Gasteiger partial charge in [0.25, 0.3) is 0 Å². The minimum Gasteiger partial charge on any atom is -0.310 e. The largest absolute Gasteiger partial charge is 0.419 e. The van der Waals surface area contributed by atoms with Gasteiger partial charge in [0.15, 0.2) is 0 Å². The molecule has 1 nitrogen and oxygen atoms in total. The lowest BCUT2D eigenvalue weighted by Crippen LogP contribution is -2.30. The van der Waals surface area contributed by atoms with Gasteiger partial charge in [-0.25, -0.2) is 4.39 Å². The van der Waals surface area contributed by atoms with Crippen LogP contribution in [0.3, 0.4) is 0 Å². The van der Waals surface area contributed by atoms with E-state index in [1.54, 1.807) is 0 Å². The summed E-state index contributed by atoms with van der Waals surface area (Å²) in [6, 6.07) is 3.06. The van der Waals surface area contributed by atoms with Crippen molar-refractivity contribution in [1.29, 1.82) is 0 Å². The van der Waals surface area contributed by atoms with E-state index >= 15 is 0 Å². The van der Waals surface area contributed by atoms with Crippen LogP contribution < -0.4 is 5.32 Å². The van der Waals surface area contributed by atoms with Crippen LogP contribution in [0.5, 0.6) is 0 Å². The van der Waals surface area contributed by atoms with E-state index in [1.165, 1.54) is 6.07 Å². The van der Waals surface area contributed by atoms with Crippen molar-refractivity contribution >= 4 is 0 Å². The third-order valence-electron chi connectivity index (χ3n) is 3.85. The van der Waals surface area contributed by atoms with Crippen LogP contribution in [0.2, 0.25) is 0 Å². The lowest BCUT2D eigenvalue weighted by Gasteiger charge is -2.29. The molecule has 21 heavy (non-hydrogen) atoms.